The van der Waals surface area contributed by atoms with Crippen molar-refractivity contribution >= 4 is 41.2 Å². The largest absolute Gasteiger partial charge is 0.322 e. The molecule has 1 N–H and O–H groups in total. The zero-order chi connectivity index (χ0) is 25.9. The summed E-state index contributed by atoms with van der Waals surface area (Å²) >= 11 is 1.82. The molecule has 0 fully saturated rings. The maximum absolute atomic E-state index is 7.23. The van der Waals surface area contributed by atoms with Crippen molar-refractivity contribution in [2.75, 3.05) is 45.0 Å². The summed E-state index contributed by atoms with van der Waals surface area (Å²) in [5.41, 5.74) is 0. The lowest BCUT2D eigenvalue weighted by Gasteiger charge is -2.35. The summed E-state index contributed by atoms with van der Waals surface area (Å²) in [4.78, 5) is 4.03. The molecule has 34 heavy (non-hydrogen) atoms. The van der Waals surface area contributed by atoms with Gasteiger partial charge in [0, 0.05) is 61.8 Å². The minimum absolute atomic E-state index is 0.333. The summed E-state index contributed by atoms with van der Waals surface area (Å²) in [7, 11) is -0.451. The fourth-order valence-electron chi connectivity index (χ4n) is 3.24. The van der Waals surface area contributed by atoms with Crippen molar-refractivity contribution in [2.24, 2.45) is 4.99 Å². The van der Waals surface area contributed by atoms with Gasteiger partial charge in [0.15, 0.2) is 0 Å². The molecule has 0 aliphatic rings. The molecule has 0 aliphatic carbocycles. The molecule has 202 valence electrons. The van der Waals surface area contributed by atoms with E-state index in [0.717, 1.165) is 17.9 Å². The quantitative estimate of drug-likeness (QED) is 0.0940. The number of hydrogen-bond acceptors (Lipinski definition) is 9. The normalized spacial score (nSPS) is 14.6. The van der Waals surface area contributed by atoms with Crippen LogP contribution in [-0.2, 0) is 18.1 Å². The smallest absolute Gasteiger partial charge is 0.259 e. The molecule has 0 saturated heterocycles. The van der Waals surface area contributed by atoms with E-state index in [9.17, 15) is 0 Å². The van der Waals surface area contributed by atoms with Gasteiger partial charge in [-0.25, -0.2) is 9.34 Å². The molecule has 0 aromatic heterocycles. The zero-order valence-electron chi connectivity index (χ0n) is 22.9. The SMILES string of the molecule is CN=CCCOP(OCCSCCOP(OCCC=N)N(C(C)C)C(C)C)N(C(C)C)C(C)C. The summed E-state index contributed by atoms with van der Waals surface area (Å²) < 4.78 is 29.1. The van der Waals surface area contributed by atoms with Crippen LogP contribution in [0.5, 0.6) is 0 Å². The lowest BCUT2D eigenvalue weighted by Crippen LogP contribution is -2.34. The van der Waals surface area contributed by atoms with E-state index in [1.54, 1.807) is 7.05 Å². The average molecular weight is 541 g/mol. The number of hydrogen-bond donors (Lipinski definition) is 1. The molecule has 2 unspecified atom stereocenters. The number of rotatable bonds is 22. The van der Waals surface area contributed by atoms with Gasteiger partial charge in [0.1, 0.15) is 0 Å². The molecule has 0 radical (unpaired) electrons. The second kappa shape index (κ2) is 21.4. The maximum atomic E-state index is 7.23. The topological polar surface area (TPSA) is 79.6 Å². The van der Waals surface area contributed by atoms with Crippen LogP contribution < -0.4 is 0 Å². The van der Waals surface area contributed by atoms with Gasteiger partial charge in [0.05, 0.1) is 26.4 Å². The summed E-state index contributed by atoms with van der Waals surface area (Å²) in [5.74, 6) is 1.76. The average Bonchev–Trinajstić information content (AvgIpc) is 2.74. The van der Waals surface area contributed by atoms with Gasteiger partial charge >= 0.3 is 0 Å². The Bertz CT molecular complexity index is 515. The molecule has 0 heterocycles. The first-order valence-electron chi connectivity index (χ1n) is 12.3. The fourth-order valence-corrected chi connectivity index (χ4v) is 7.30. The third kappa shape index (κ3) is 15.4. The van der Waals surface area contributed by atoms with Crippen LogP contribution in [0.2, 0.25) is 0 Å². The highest BCUT2D eigenvalue weighted by atomic mass is 32.2. The highest BCUT2D eigenvalue weighted by Crippen LogP contribution is 2.47. The molecular formula is C23H50N4O4P2S. The van der Waals surface area contributed by atoms with Gasteiger partial charge in [-0.1, -0.05) is 0 Å². The first kappa shape index (κ1) is 34.3. The van der Waals surface area contributed by atoms with Crippen molar-refractivity contribution in [1.29, 1.82) is 5.41 Å². The Morgan fingerprint density at radius 3 is 1.44 bits per heavy atom. The van der Waals surface area contributed by atoms with Gasteiger partial charge < -0.3 is 28.5 Å². The van der Waals surface area contributed by atoms with Crippen LogP contribution in [0.1, 0.15) is 68.2 Å². The summed E-state index contributed by atoms with van der Waals surface area (Å²) in [6.07, 6.45) is 4.66. The first-order chi connectivity index (χ1) is 16.2. The molecule has 0 bridgehead atoms. The lowest BCUT2D eigenvalue weighted by atomic mass is 10.3. The summed E-state index contributed by atoms with van der Waals surface area (Å²) in [5, 5.41) is 7.23. The standard InChI is InChI=1S/C23H50N4O4P2S/c1-20(2)26(21(3)4)32(28-14-10-12-24)30-16-18-34-19-17-31-33(29-15-11-13-25-9)27(22(5)6)23(7)8/h12-13,20-24H,10-11,14-19H2,1-9H3. The van der Waals surface area contributed by atoms with Gasteiger partial charge in [-0.05, 0) is 61.6 Å². The summed E-state index contributed by atoms with van der Waals surface area (Å²) in [6, 6.07) is 1.37. The van der Waals surface area contributed by atoms with Gasteiger partial charge in [-0.15, -0.1) is 0 Å². The lowest BCUT2D eigenvalue weighted by molar-refractivity contribution is 0.183. The van der Waals surface area contributed by atoms with E-state index in [1.807, 2.05) is 18.0 Å². The van der Waals surface area contributed by atoms with Crippen LogP contribution >= 0.6 is 28.8 Å². The number of aliphatic imine (C=N–C) groups is 1. The van der Waals surface area contributed by atoms with E-state index in [1.165, 1.54) is 6.21 Å². The van der Waals surface area contributed by atoms with E-state index < -0.39 is 17.1 Å². The first-order valence-corrected chi connectivity index (χ1v) is 15.7. The van der Waals surface area contributed by atoms with Gasteiger partial charge in [-0.3, -0.25) is 0 Å². The number of nitrogens with zero attached hydrogens (tertiary/aromatic N) is 3. The monoisotopic (exact) mass is 540 g/mol. The zero-order valence-corrected chi connectivity index (χ0v) is 25.5. The van der Waals surface area contributed by atoms with Crippen molar-refractivity contribution in [3.63, 3.8) is 0 Å². The molecule has 2 atom stereocenters. The van der Waals surface area contributed by atoms with Gasteiger partial charge in [0.2, 0.25) is 0 Å². The Hall–Kier alpha value is 0.310. The van der Waals surface area contributed by atoms with Crippen molar-refractivity contribution in [3.05, 3.63) is 0 Å². The Kier molecular flexibility index (Phi) is 21.6. The molecule has 0 spiro atoms. The molecule has 8 nitrogen and oxygen atoms in total. The molecule has 0 aromatic carbocycles. The van der Waals surface area contributed by atoms with Gasteiger partial charge in [-0.2, -0.15) is 11.8 Å². The van der Waals surface area contributed by atoms with Crippen molar-refractivity contribution < 1.29 is 18.1 Å². The fraction of sp³-hybridized carbons (Fsp3) is 0.913. The van der Waals surface area contributed by atoms with Crippen LogP contribution in [0, 0.1) is 5.41 Å². The Labute approximate surface area is 216 Å². The predicted molar refractivity (Wildman–Crippen MR) is 152 cm³/mol. The molecule has 0 aromatic rings. The second-order valence-electron chi connectivity index (χ2n) is 8.78. The maximum Gasteiger partial charge on any atom is 0.259 e. The third-order valence-electron chi connectivity index (χ3n) is 4.45. The van der Waals surface area contributed by atoms with Crippen LogP contribution in [0.3, 0.4) is 0 Å². The van der Waals surface area contributed by atoms with Crippen LogP contribution in [-0.4, -0.2) is 90.9 Å². The van der Waals surface area contributed by atoms with Crippen LogP contribution in [0.4, 0.5) is 0 Å². The Balaban J connectivity index is 4.57. The van der Waals surface area contributed by atoms with E-state index in [0.29, 0.717) is 57.0 Å². The van der Waals surface area contributed by atoms with Crippen molar-refractivity contribution in [2.45, 2.75) is 92.4 Å². The second-order valence-corrected chi connectivity index (χ2v) is 12.9. The molecule has 0 aliphatic heterocycles. The highest BCUT2D eigenvalue weighted by Gasteiger charge is 2.28. The van der Waals surface area contributed by atoms with E-state index in [2.05, 4.69) is 69.7 Å². The van der Waals surface area contributed by atoms with Crippen LogP contribution in [0.25, 0.3) is 0 Å². The van der Waals surface area contributed by atoms with Crippen molar-refractivity contribution in [3.8, 4) is 0 Å². The minimum Gasteiger partial charge on any atom is -0.322 e. The van der Waals surface area contributed by atoms with Gasteiger partial charge in [0.25, 0.3) is 17.1 Å². The Morgan fingerprint density at radius 1 is 0.706 bits per heavy atom. The van der Waals surface area contributed by atoms with Crippen LogP contribution in [0.15, 0.2) is 4.99 Å². The molecule has 11 heteroatoms. The molecule has 0 saturated carbocycles. The number of thioether (sulfide) groups is 1. The van der Waals surface area contributed by atoms with E-state index in [4.69, 9.17) is 23.5 Å². The third-order valence-corrected chi connectivity index (χ3v) is 9.57. The Morgan fingerprint density at radius 2 is 1.09 bits per heavy atom. The minimum atomic E-state index is -1.13. The van der Waals surface area contributed by atoms with Crippen molar-refractivity contribution in [1.82, 2.24) is 9.34 Å². The summed E-state index contributed by atoms with van der Waals surface area (Å²) in [6.45, 7) is 19.8. The molecule has 0 amide bonds. The van der Waals surface area contributed by atoms with E-state index in [-0.39, 0.29) is 0 Å². The molecular weight excluding hydrogens is 490 g/mol. The predicted octanol–water partition coefficient (Wildman–Crippen LogP) is 6.61. The molecule has 0 rings (SSSR count). The number of nitrogens with one attached hydrogen (secondary N) is 1. The van der Waals surface area contributed by atoms with E-state index >= 15 is 0 Å². The highest BCUT2D eigenvalue weighted by molar-refractivity contribution is 7.99.